The van der Waals surface area contributed by atoms with Gasteiger partial charge in [0.1, 0.15) is 10.7 Å². The van der Waals surface area contributed by atoms with Gasteiger partial charge >= 0.3 is 0 Å². The van der Waals surface area contributed by atoms with Gasteiger partial charge in [-0.05, 0) is 31.5 Å². The lowest BCUT2D eigenvalue weighted by Crippen LogP contribution is -2.02. The molecule has 0 aromatic carbocycles. The number of imidazole rings is 1. The minimum Gasteiger partial charge on any atom is -0.330 e. The fourth-order valence-electron chi connectivity index (χ4n) is 1.51. The van der Waals surface area contributed by atoms with Crippen LogP contribution in [0.5, 0.6) is 0 Å². The van der Waals surface area contributed by atoms with Crippen LogP contribution in [0.1, 0.15) is 12.8 Å². The van der Waals surface area contributed by atoms with E-state index in [1.54, 1.807) is 12.4 Å². The van der Waals surface area contributed by atoms with E-state index in [1.807, 2.05) is 10.6 Å². The van der Waals surface area contributed by atoms with Gasteiger partial charge in [0.15, 0.2) is 5.65 Å². The summed E-state index contributed by atoms with van der Waals surface area (Å²) in [5.74, 6) is 0. The first-order valence-electron chi connectivity index (χ1n) is 4.98. The van der Waals surface area contributed by atoms with Crippen LogP contribution in [-0.2, 0) is 6.54 Å². The quantitative estimate of drug-likeness (QED) is 0.637. The topological polar surface area (TPSA) is 56.7 Å². The number of nitrogens with zero attached hydrogens (tertiary/aromatic N) is 3. The second-order valence-electron chi connectivity index (χ2n) is 3.41. The van der Waals surface area contributed by atoms with Crippen molar-refractivity contribution >= 4 is 22.8 Å². The van der Waals surface area contributed by atoms with Gasteiger partial charge in [0.2, 0.25) is 0 Å². The molecule has 4 nitrogen and oxygen atoms in total. The molecule has 2 aromatic rings. The fraction of sp³-hybridized carbons (Fsp3) is 0.400. The highest BCUT2D eigenvalue weighted by molar-refractivity contribution is 6.29. The van der Waals surface area contributed by atoms with Crippen molar-refractivity contribution < 1.29 is 0 Å². The monoisotopic (exact) mass is 224 g/mol. The Kier molecular flexibility index (Phi) is 3.18. The minimum absolute atomic E-state index is 0.503. The van der Waals surface area contributed by atoms with Gasteiger partial charge in [-0.1, -0.05) is 11.6 Å². The molecular weight excluding hydrogens is 212 g/mol. The second kappa shape index (κ2) is 4.59. The summed E-state index contributed by atoms with van der Waals surface area (Å²) < 4.78 is 2.01. The van der Waals surface area contributed by atoms with E-state index in [2.05, 4.69) is 9.97 Å². The van der Waals surface area contributed by atoms with Gasteiger partial charge in [-0.3, -0.25) is 0 Å². The summed E-state index contributed by atoms with van der Waals surface area (Å²) in [5.41, 5.74) is 7.17. The molecule has 5 heteroatoms. The SMILES string of the molecule is NCCCCn1cnc2ccc(Cl)nc21. The third-order valence-corrected chi connectivity index (χ3v) is 2.49. The standard InChI is InChI=1S/C10H13ClN4/c11-9-4-3-8-10(14-9)15(7-13-8)6-2-1-5-12/h3-4,7H,1-2,5-6,12H2. The zero-order valence-electron chi connectivity index (χ0n) is 8.36. The highest BCUT2D eigenvalue weighted by atomic mass is 35.5. The van der Waals surface area contributed by atoms with Crippen LogP contribution in [0.15, 0.2) is 18.5 Å². The lowest BCUT2D eigenvalue weighted by atomic mass is 10.3. The molecule has 2 N–H and O–H groups in total. The molecule has 2 heterocycles. The molecule has 0 unspecified atom stereocenters. The highest BCUT2D eigenvalue weighted by Gasteiger charge is 2.03. The Morgan fingerprint density at radius 2 is 2.20 bits per heavy atom. The Balaban J connectivity index is 2.23. The fourth-order valence-corrected chi connectivity index (χ4v) is 1.65. The van der Waals surface area contributed by atoms with Crippen molar-refractivity contribution in [2.24, 2.45) is 5.73 Å². The van der Waals surface area contributed by atoms with E-state index in [-0.39, 0.29) is 0 Å². The summed E-state index contributed by atoms with van der Waals surface area (Å²) in [6.45, 7) is 1.61. The predicted molar refractivity (Wildman–Crippen MR) is 60.8 cm³/mol. The van der Waals surface area contributed by atoms with Crippen molar-refractivity contribution in [1.82, 2.24) is 14.5 Å². The number of nitrogens with two attached hydrogens (primary N) is 1. The van der Waals surface area contributed by atoms with Crippen molar-refractivity contribution in [3.05, 3.63) is 23.6 Å². The second-order valence-corrected chi connectivity index (χ2v) is 3.80. The van der Waals surface area contributed by atoms with E-state index in [0.29, 0.717) is 5.15 Å². The largest absolute Gasteiger partial charge is 0.330 e. The third kappa shape index (κ3) is 2.27. The van der Waals surface area contributed by atoms with Crippen molar-refractivity contribution in [3.8, 4) is 0 Å². The summed E-state index contributed by atoms with van der Waals surface area (Å²) >= 11 is 5.84. The molecular formula is C10H13ClN4. The Bertz CT molecular complexity index is 452. The van der Waals surface area contributed by atoms with E-state index < -0.39 is 0 Å². The number of halogens is 1. The maximum absolute atomic E-state index is 5.84. The number of aryl methyl sites for hydroxylation is 1. The van der Waals surface area contributed by atoms with Crippen LogP contribution in [-0.4, -0.2) is 21.1 Å². The van der Waals surface area contributed by atoms with Crippen LogP contribution in [0.2, 0.25) is 5.15 Å². The maximum atomic E-state index is 5.84. The molecule has 2 rings (SSSR count). The first-order chi connectivity index (χ1) is 7.31. The van der Waals surface area contributed by atoms with Crippen molar-refractivity contribution in [3.63, 3.8) is 0 Å². The van der Waals surface area contributed by atoms with E-state index >= 15 is 0 Å². The van der Waals surface area contributed by atoms with Gasteiger partial charge in [0, 0.05) is 6.54 Å². The molecule has 0 amide bonds. The Morgan fingerprint density at radius 1 is 1.33 bits per heavy atom. The molecule has 0 atom stereocenters. The summed E-state index contributed by atoms with van der Waals surface area (Å²) in [7, 11) is 0. The number of fused-ring (bicyclic) bond motifs is 1. The molecule has 0 saturated heterocycles. The van der Waals surface area contributed by atoms with E-state index in [9.17, 15) is 0 Å². The average molecular weight is 225 g/mol. The highest BCUT2D eigenvalue weighted by Crippen LogP contribution is 2.14. The number of hydrogen-bond acceptors (Lipinski definition) is 3. The molecule has 0 spiro atoms. The van der Waals surface area contributed by atoms with E-state index in [1.165, 1.54) is 0 Å². The average Bonchev–Trinajstić information content (AvgIpc) is 2.62. The zero-order valence-corrected chi connectivity index (χ0v) is 9.11. The third-order valence-electron chi connectivity index (χ3n) is 2.28. The Labute approximate surface area is 93.1 Å². The molecule has 2 aromatic heterocycles. The van der Waals surface area contributed by atoms with Crippen LogP contribution < -0.4 is 5.73 Å². The van der Waals surface area contributed by atoms with Gasteiger partial charge in [0.05, 0.1) is 6.33 Å². The molecule has 0 bridgehead atoms. The van der Waals surface area contributed by atoms with Gasteiger partial charge < -0.3 is 10.3 Å². The Morgan fingerprint density at radius 3 is 3.00 bits per heavy atom. The lowest BCUT2D eigenvalue weighted by molar-refractivity contribution is 0.623. The van der Waals surface area contributed by atoms with Crippen LogP contribution in [0.3, 0.4) is 0 Å². The smallest absolute Gasteiger partial charge is 0.161 e. The van der Waals surface area contributed by atoms with Crippen LogP contribution in [0.4, 0.5) is 0 Å². The van der Waals surface area contributed by atoms with E-state index in [0.717, 1.165) is 37.1 Å². The zero-order chi connectivity index (χ0) is 10.7. The summed E-state index contributed by atoms with van der Waals surface area (Å²) in [5, 5.41) is 0.503. The molecule has 0 aliphatic rings. The molecule has 80 valence electrons. The van der Waals surface area contributed by atoms with Gasteiger partial charge in [-0.15, -0.1) is 0 Å². The van der Waals surface area contributed by atoms with Gasteiger partial charge in [-0.25, -0.2) is 9.97 Å². The van der Waals surface area contributed by atoms with Crippen molar-refractivity contribution in [2.75, 3.05) is 6.54 Å². The normalized spacial score (nSPS) is 11.1. The molecule has 0 saturated carbocycles. The summed E-state index contributed by atoms with van der Waals surface area (Å²) in [6.07, 6.45) is 3.85. The van der Waals surface area contributed by atoms with Crippen molar-refractivity contribution in [1.29, 1.82) is 0 Å². The first kappa shape index (κ1) is 10.4. The molecule has 0 fully saturated rings. The number of rotatable bonds is 4. The van der Waals surface area contributed by atoms with Crippen LogP contribution >= 0.6 is 11.6 Å². The van der Waals surface area contributed by atoms with Crippen molar-refractivity contribution in [2.45, 2.75) is 19.4 Å². The predicted octanol–water partition coefficient (Wildman–Crippen LogP) is 1.82. The first-order valence-corrected chi connectivity index (χ1v) is 5.36. The number of unbranched alkanes of at least 4 members (excludes halogenated alkanes) is 1. The van der Waals surface area contributed by atoms with Gasteiger partial charge in [0.25, 0.3) is 0 Å². The van der Waals surface area contributed by atoms with Crippen LogP contribution in [0, 0.1) is 0 Å². The Hall–Kier alpha value is -1.13. The maximum Gasteiger partial charge on any atom is 0.161 e. The number of pyridine rings is 1. The van der Waals surface area contributed by atoms with Gasteiger partial charge in [-0.2, -0.15) is 0 Å². The summed E-state index contributed by atoms with van der Waals surface area (Å²) in [6, 6.07) is 3.63. The lowest BCUT2D eigenvalue weighted by Gasteiger charge is -2.02. The summed E-state index contributed by atoms with van der Waals surface area (Å²) in [4.78, 5) is 8.50. The molecule has 0 aliphatic heterocycles. The van der Waals surface area contributed by atoms with Crippen LogP contribution in [0.25, 0.3) is 11.2 Å². The molecule has 0 aliphatic carbocycles. The minimum atomic E-state index is 0.503. The number of aromatic nitrogens is 3. The van der Waals surface area contributed by atoms with E-state index in [4.69, 9.17) is 17.3 Å². The molecule has 15 heavy (non-hydrogen) atoms. The number of hydrogen-bond donors (Lipinski definition) is 1. The molecule has 0 radical (unpaired) electrons.